The third kappa shape index (κ3) is 2.61. The molecule has 0 aromatic carbocycles. The molecule has 2 rings (SSSR count). The van der Waals surface area contributed by atoms with Crippen LogP contribution in [0.1, 0.15) is 18.3 Å². The normalized spacial score (nSPS) is 11.6. The molecule has 1 N–H and O–H groups in total. The molecule has 0 saturated carbocycles. The third-order valence-corrected chi connectivity index (χ3v) is 4.63. The molecule has 0 aliphatic heterocycles. The zero-order chi connectivity index (χ0) is 14.9. The fraction of sp³-hybridized carbons (Fsp3) is 0.364. The van der Waals surface area contributed by atoms with Gasteiger partial charge < -0.3 is 0 Å². The summed E-state index contributed by atoms with van der Waals surface area (Å²) in [6.07, 6.45) is 2.74. The van der Waals surface area contributed by atoms with E-state index >= 15 is 0 Å². The number of hydrogen-bond donors (Lipinski definition) is 1. The standard InChI is InChI=1S/C11H14ClN5O2S/c1-4-17-8(3)9(7(2)15-17)20(18,19)16-11-10(12)13-5-6-14-11/h5-6H,4H2,1-3H3,(H,14,16). The number of nitrogens with one attached hydrogen (secondary N) is 1. The summed E-state index contributed by atoms with van der Waals surface area (Å²) in [5.74, 6) is -0.00258. The molecule has 2 aromatic heterocycles. The molecule has 2 heterocycles. The van der Waals surface area contributed by atoms with Crippen LogP contribution >= 0.6 is 11.6 Å². The van der Waals surface area contributed by atoms with Crippen LogP contribution in [0.2, 0.25) is 5.15 Å². The van der Waals surface area contributed by atoms with Crippen LogP contribution in [0.4, 0.5) is 5.82 Å². The Labute approximate surface area is 122 Å². The number of anilines is 1. The van der Waals surface area contributed by atoms with Gasteiger partial charge in [-0.2, -0.15) is 5.10 Å². The first-order valence-electron chi connectivity index (χ1n) is 5.90. The summed E-state index contributed by atoms with van der Waals surface area (Å²) in [6.45, 7) is 5.83. The molecule has 0 spiro atoms. The molecule has 7 nitrogen and oxygen atoms in total. The summed E-state index contributed by atoms with van der Waals surface area (Å²) >= 11 is 5.81. The highest BCUT2D eigenvalue weighted by atomic mass is 35.5. The van der Waals surface area contributed by atoms with Crippen molar-refractivity contribution in [2.45, 2.75) is 32.2 Å². The molecule has 9 heteroatoms. The van der Waals surface area contributed by atoms with E-state index in [1.807, 2.05) is 6.92 Å². The Hall–Kier alpha value is -1.67. The molecule has 0 bridgehead atoms. The molecule has 0 aliphatic rings. The summed E-state index contributed by atoms with van der Waals surface area (Å²) in [5.41, 5.74) is 0.995. The highest BCUT2D eigenvalue weighted by molar-refractivity contribution is 7.92. The van der Waals surface area contributed by atoms with Gasteiger partial charge in [0.1, 0.15) is 4.90 Å². The topological polar surface area (TPSA) is 89.8 Å². The maximum atomic E-state index is 12.4. The van der Waals surface area contributed by atoms with Crippen LogP contribution in [0.3, 0.4) is 0 Å². The van der Waals surface area contributed by atoms with E-state index in [9.17, 15) is 8.42 Å². The molecule has 0 radical (unpaired) electrons. The van der Waals surface area contributed by atoms with Gasteiger partial charge in [0.25, 0.3) is 10.0 Å². The van der Waals surface area contributed by atoms with Crippen LogP contribution < -0.4 is 4.72 Å². The lowest BCUT2D eigenvalue weighted by molar-refractivity contribution is 0.598. The quantitative estimate of drug-likeness (QED) is 0.928. The highest BCUT2D eigenvalue weighted by Crippen LogP contribution is 2.24. The zero-order valence-corrected chi connectivity index (χ0v) is 12.8. The van der Waals surface area contributed by atoms with Crippen molar-refractivity contribution in [3.05, 3.63) is 28.9 Å². The summed E-state index contributed by atoms with van der Waals surface area (Å²) in [5, 5.41) is 4.18. The molecule has 0 aliphatic carbocycles. The number of hydrogen-bond acceptors (Lipinski definition) is 5. The van der Waals surface area contributed by atoms with Crippen molar-refractivity contribution in [3.63, 3.8) is 0 Å². The smallest absolute Gasteiger partial charge is 0.266 e. The Morgan fingerprint density at radius 3 is 2.50 bits per heavy atom. The maximum absolute atomic E-state index is 12.4. The van der Waals surface area contributed by atoms with E-state index in [1.54, 1.807) is 18.5 Å². The van der Waals surface area contributed by atoms with E-state index in [-0.39, 0.29) is 15.9 Å². The monoisotopic (exact) mass is 315 g/mol. The molecule has 0 atom stereocenters. The van der Waals surface area contributed by atoms with Gasteiger partial charge in [-0.3, -0.25) is 9.40 Å². The fourth-order valence-electron chi connectivity index (χ4n) is 1.95. The third-order valence-electron chi connectivity index (χ3n) is 2.77. The minimum absolute atomic E-state index is 0.00258. The fourth-order valence-corrected chi connectivity index (χ4v) is 3.58. The average molecular weight is 316 g/mol. The molecule has 20 heavy (non-hydrogen) atoms. The van der Waals surface area contributed by atoms with E-state index < -0.39 is 10.0 Å². The first-order chi connectivity index (χ1) is 9.36. The second-order valence-corrected chi connectivity index (χ2v) is 6.09. The second kappa shape index (κ2) is 5.37. The lowest BCUT2D eigenvalue weighted by atomic mass is 10.4. The Bertz CT molecular complexity index is 741. The lowest BCUT2D eigenvalue weighted by Gasteiger charge is -2.08. The predicted octanol–water partition coefficient (Wildman–Crippen LogP) is 1.76. The summed E-state index contributed by atoms with van der Waals surface area (Å²) < 4.78 is 28.8. The van der Waals surface area contributed by atoms with E-state index in [1.165, 1.54) is 12.4 Å². The van der Waals surface area contributed by atoms with Gasteiger partial charge in [0.15, 0.2) is 11.0 Å². The number of aromatic nitrogens is 4. The molecule has 2 aromatic rings. The molecule has 0 fully saturated rings. The number of sulfonamides is 1. The number of nitrogens with zero attached hydrogens (tertiary/aromatic N) is 4. The highest BCUT2D eigenvalue weighted by Gasteiger charge is 2.25. The zero-order valence-electron chi connectivity index (χ0n) is 11.3. The minimum Gasteiger partial charge on any atom is -0.268 e. The second-order valence-electron chi connectivity index (χ2n) is 4.12. The van der Waals surface area contributed by atoms with Crippen molar-refractivity contribution >= 4 is 27.4 Å². The van der Waals surface area contributed by atoms with Crippen molar-refractivity contribution in [1.82, 2.24) is 19.7 Å². The van der Waals surface area contributed by atoms with Gasteiger partial charge in [0, 0.05) is 18.9 Å². The molecule has 0 unspecified atom stereocenters. The molecular weight excluding hydrogens is 302 g/mol. The Morgan fingerprint density at radius 2 is 1.95 bits per heavy atom. The van der Waals surface area contributed by atoms with Crippen LogP contribution in [0.5, 0.6) is 0 Å². The van der Waals surface area contributed by atoms with Crippen molar-refractivity contribution < 1.29 is 8.42 Å². The van der Waals surface area contributed by atoms with Gasteiger partial charge in [0.05, 0.1) is 11.4 Å². The summed E-state index contributed by atoms with van der Waals surface area (Å²) in [7, 11) is -3.81. The van der Waals surface area contributed by atoms with Crippen molar-refractivity contribution in [1.29, 1.82) is 0 Å². The Kier molecular flexibility index (Phi) is 3.96. The van der Waals surface area contributed by atoms with E-state index in [0.717, 1.165) is 0 Å². The Morgan fingerprint density at radius 1 is 1.30 bits per heavy atom. The minimum atomic E-state index is -3.81. The maximum Gasteiger partial charge on any atom is 0.266 e. The first kappa shape index (κ1) is 14.7. The van der Waals surface area contributed by atoms with Gasteiger partial charge in [-0.15, -0.1) is 0 Å². The van der Waals surface area contributed by atoms with Crippen LogP contribution in [0, 0.1) is 13.8 Å². The number of rotatable bonds is 4. The van der Waals surface area contributed by atoms with Crippen molar-refractivity contribution in [3.8, 4) is 0 Å². The van der Waals surface area contributed by atoms with Crippen LogP contribution in [0.15, 0.2) is 17.3 Å². The van der Waals surface area contributed by atoms with Crippen molar-refractivity contribution in [2.75, 3.05) is 4.72 Å². The van der Waals surface area contributed by atoms with E-state index in [2.05, 4.69) is 19.8 Å². The SMILES string of the molecule is CCn1nc(C)c(S(=O)(=O)Nc2nccnc2Cl)c1C. The predicted molar refractivity (Wildman–Crippen MR) is 75.2 cm³/mol. The van der Waals surface area contributed by atoms with Gasteiger partial charge in [0.2, 0.25) is 0 Å². The summed E-state index contributed by atoms with van der Waals surface area (Å²) in [4.78, 5) is 7.78. The van der Waals surface area contributed by atoms with Crippen LogP contribution in [0.25, 0.3) is 0 Å². The van der Waals surface area contributed by atoms with Crippen LogP contribution in [-0.2, 0) is 16.6 Å². The van der Waals surface area contributed by atoms with Gasteiger partial charge in [-0.1, -0.05) is 11.6 Å². The van der Waals surface area contributed by atoms with E-state index in [4.69, 9.17) is 11.6 Å². The Balaban J connectivity index is 2.47. The van der Waals surface area contributed by atoms with Gasteiger partial charge in [-0.05, 0) is 20.8 Å². The van der Waals surface area contributed by atoms with Gasteiger partial charge >= 0.3 is 0 Å². The lowest BCUT2D eigenvalue weighted by Crippen LogP contribution is -2.16. The number of aryl methyl sites for hydroxylation is 2. The average Bonchev–Trinajstić information content (AvgIpc) is 2.67. The van der Waals surface area contributed by atoms with E-state index in [0.29, 0.717) is 17.9 Å². The van der Waals surface area contributed by atoms with Gasteiger partial charge in [-0.25, -0.2) is 18.4 Å². The first-order valence-corrected chi connectivity index (χ1v) is 7.76. The largest absolute Gasteiger partial charge is 0.268 e. The molecule has 0 saturated heterocycles. The summed E-state index contributed by atoms with van der Waals surface area (Å²) in [6, 6.07) is 0. The number of halogens is 1. The van der Waals surface area contributed by atoms with Crippen LogP contribution in [-0.4, -0.2) is 28.2 Å². The molecular formula is C11H14ClN5O2S. The van der Waals surface area contributed by atoms with Crippen molar-refractivity contribution in [2.24, 2.45) is 0 Å². The molecule has 0 amide bonds. The molecule has 108 valence electrons.